The fourth-order valence-corrected chi connectivity index (χ4v) is 2.68. The number of rotatable bonds is 5. The van der Waals surface area contributed by atoms with E-state index < -0.39 is 6.10 Å². The van der Waals surface area contributed by atoms with E-state index in [4.69, 9.17) is 9.47 Å². The Morgan fingerprint density at radius 2 is 2.11 bits per heavy atom. The summed E-state index contributed by atoms with van der Waals surface area (Å²) in [5.41, 5.74) is 1.69. The second-order valence-electron chi connectivity index (χ2n) is 4.21. The topological polar surface area (TPSA) is 51.6 Å². The summed E-state index contributed by atoms with van der Waals surface area (Å²) in [6.07, 6.45) is -0.183. The van der Waals surface area contributed by atoms with Gasteiger partial charge in [-0.3, -0.25) is 0 Å². The predicted octanol–water partition coefficient (Wildman–Crippen LogP) is 2.74. The van der Waals surface area contributed by atoms with Crippen molar-refractivity contribution in [2.24, 2.45) is 0 Å². The SMILES string of the molecule is COc1ccc(OC)c(C(O)Cc2nc(C)cs2)c1. The summed E-state index contributed by atoms with van der Waals surface area (Å²) in [5, 5.41) is 13.2. The van der Waals surface area contributed by atoms with Gasteiger partial charge < -0.3 is 14.6 Å². The van der Waals surface area contributed by atoms with Crippen LogP contribution in [-0.4, -0.2) is 24.3 Å². The zero-order valence-corrected chi connectivity index (χ0v) is 12.0. The molecule has 0 fully saturated rings. The predicted molar refractivity (Wildman–Crippen MR) is 75.1 cm³/mol. The fourth-order valence-electron chi connectivity index (χ4n) is 1.87. The van der Waals surface area contributed by atoms with E-state index in [-0.39, 0.29) is 0 Å². The highest BCUT2D eigenvalue weighted by Crippen LogP contribution is 2.31. The first kappa shape index (κ1) is 13.8. The van der Waals surface area contributed by atoms with Crippen LogP contribution < -0.4 is 9.47 Å². The number of aromatic nitrogens is 1. The monoisotopic (exact) mass is 279 g/mol. The Labute approximate surface area is 116 Å². The Morgan fingerprint density at radius 1 is 1.32 bits per heavy atom. The largest absolute Gasteiger partial charge is 0.497 e. The molecule has 1 heterocycles. The highest BCUT2D eigenvalue weighted by molar-refractivity contribution is 7.09. The standard InChI is InChI=1S/C14H17NO3S/c1-9-8-19-14(15-9)7-12(16)11-6-10(17-2)4-5-13(11)18-3/h4-6,8,12,16H,7H2,1-3H3. The molecule has 0 saturated heterocycles. The lowest BCUT2D eigenvalue weighted by atomic mass is 10.1. The Bertz CT molecular complexity index is 553. The lowest BCUT2D eigenvalue weighted by molar-refractivity contribution is 0.173. The molecule has 1 aromatic carbocycles. The third kappa shape index (κ3) is 3.24. The number of hydrogen-bond acceptors (Lipinski definition) is 5. The molecule has 0 aliphatic rings. The van der Waals surface area contributed by atoms with Crippen LogP contribution in [0.5, 0.6) is 11.5 Å². The summed E-state index contributed by atoms with van der Waals surface area (Å²) in [5.74, 6) is 1.35. The fraction of sp³-hybridized carbons (Fsp3) is 0.357. The summed E-state index contributed by atoms with van der Waals surface area (Å²) < 4.78 is 10.5. The summed E-state index contributed by atoms with van der Waals surface area (Å²) in [4.78, 5) is 4.36. The van der Waals surface area contributed by atoms with Gasteiger partial charge in [0, 0.05) is 23.1 Å². The van der Waals surface area contributed by atoms with Crippen molar-refractivity contribution in [1.82, 2.24) is 4.98 Å². The van der Waals surface area contributed by atoms with E-state index in [0.717, 1.165) is 16.3 Å². The first-order valence-electron chi connectivity index (χ1n) is 5.95. The number of aliphatic hydroxyl groups excluding tert-OH is 1. The van der Waals surface area contributed by atoms with Crippen molar-refractivity contribution < 1.29 is 14.6 Å². The minimum absolute atomic E-state index is 0.474. The first-order chi connectivity index (χ1) is 9.13. The van der Waals surface area contributed by atoms with E-state index in [0.29, 0.717) is 17.9 Å². The zero-order valence-electron chi connectivity index (χ0n) is 11.2. The van der Waals surface area contributed by atoms with Gasteiger partial charge in [-0.15, -0.1) is 11.3 Å². The molecule has 0 aliphatic heterocycles. The molecule has 0 bridgehead atoms. The van der Waals surface area contributed by atoms with Crippen molar-refractivity contribution in [1.29, 1.82) is 0 Å². The van der Waals surface area contributed by atoms with Crippen molar-refractivity contribution in [2.75, 3.05) is 14.2 Å². The molecule has 1 atom stereocenters. The van der Waals surface area contributed by atoms with Crippen LogP contribution in [0.25, 0.3) is 0 Å². The van der Waals surface area contributed by atoms with Crippen LogP contribution in [0.15, 0.2) is 23.6 Å². The van der Waals surface area contributed by atoms with Crippen molar-refractivity contribution in [3.63, 3.8) is 0 Å². The maximum atomic E-state index is 10.3. The number of aliphatic hydroxyl groups is 1. The van der Waals surface area contributed by atoms with Gasteiger partial charge in [0.05, 0.1) is 25.3 Å². The highest BCUT2D eigenvalue weighted by Gasteiger charge is 2.16. The molecular formula is C14H17NO3S. The Hall–Kier alpha value is -1.59. The van der Waals surface area contributed by atoms with Crippen LogP contribution >= 0.6 is 11.3 Å². The molecule has 0 spiro atoms. The molecule has 0 amide bonds. The lowest BCUT2D eigenvalue weighted by Crippen LogP contribution is -2.04. The molecule has 19 heavy (non-hydrogen) atoms. The second kappa shape index (κ2) is 6.04. The van der Waals surface area contributed by atoms with Gasteiger partial charge in [0.1, 0.15) is 11.5 Å². The first-order valence-corrected chi connectivity index (χ1v) is 6.83. The van der Waals surface area contributed by atoms with Crippen LogP contribution in [0.3, 0.4) is 0 Å². The van der Waals surface area contributed by atoms with E-state index >= 15 is 0 Å². The number of benzene rings is 1. The molecule has 1 N–H and O–H groups in total. The van der Waals surface area contributed by atoms with E-state index in [1.165, 1.54) is 0 Å². The summed E-state index contributed by atoms with van der Waals surface area (Å²) in [6.45, 7) is 1.94. The van der Waals surface area contributed by atoms with Crippen LogP contribution in [0.2, 0.25) is 0 Å². The number of methoxy groups -OCH3 is 2. The second-order valence-corrected chi connectivity index (χ2v) is 5.15. The summed E-state index contributed by atoms with van der Waals surface area (Å²) >= 11 is 1.55. The van der Waals surface area contributed by atoms with Gasteiger partial charge in [-0.1, -0.05) is 0 Å². The van der Waals surface area contributed by atoms with Crippen LogP contribution in [-0.2, 0) is 6.42 Å². The highest BCUT2D eigenvalue weighted by atomic mass is 32.1. The maximum absolute atomic E-state index is 10.3. The van der Waals surface area contributed by atoms with Gasteiger partial charge >= 0.3 is 0 Å². The Balaban J connectivity index is 2.23. The Morgan fingerprint density at radius 3 is 2.68 bits per heavy atom. The van der Waals surface area contributed by atoms with Crippen molar-refractivity contribution in [2.45, 2.75) is 19.4 Å². The van der Waals surface area contributed by atoms with Crippen LogP contribution in [0.4, 0.5) is 0 Å². The van der Waals surface area contributed by atoms with Gasteiger partial charge in [-0.2, -0.15) is 0 Å². The van der Waals surface area contributed by atoms with Crippen LogP contribution in [0.1, 0.15) is 22.4 Å². The number of aryl methyl sites for hydroxylation is 1. The summed E-state index contributed by atoms with van der Waals surface area (Å²) in [6, 6.07) is 5.40. The molecule has 5 heteroatoms. The van der Waals surface area contributed by atoms with Gasteiger partial charge in [0.25, 0.3) is 0 Å². The molecule has 0 radical (unpaired) electrons. The van der Waals surface area contributed by atoms with Gasteiger partial charge in [0.15, 0.2) is 0 Å². The quantitative estimate of drug-likeness (QED) is 0.914. The summed E-state index contributed by atoms with van der Waals surface area (Å²) in [7, 11) is 3.19. The lowest BCUT2D eigenvalue weighted by Gasteiger charge is -2.15. The third-order valence-electron chi connectivity index (χ3n) is 2.83. The van der Waals surface area contributed by atoms with Crippen LogP contribution in [0, 0.1) is 6.92 Å². The number of nitrogens with zero attached hydrogens (tertiary/aromatic N) is 1. The molecule has 1 aromatic heterocycles. The van der Waals surface area contributed by atoms with E-state index in [1.807, 2.05) is 18.4 Å². The minimum Gasteiger partial charge on any atom is -0.497 e. The molecule has 0 saturated carbocycles. The molecular weight excluding hydrogens is 262 g/mol. The minimum atomic E-state index is -0.657. The average Bonchev–Trinajstić information content (AvgIpc) is 2.83. The molecule has 4 nitrogen and oxygen atoms in total. The van der Waals surface area contributed by atoms with Crippen molar-refractivity contribution in [3.8, 4) is 11.5 Å². The van der Waals surface area contributed by atoms with E-state index in [9.17, 15) is 5.11 Å². The Kier molecular flexibility index (Phi) is 4.39. The van der Waals surface area contributed by atoms with E-state index in [1.54, 1.807) is 37.7 Å². The van der Waals surface area contributed by atoms with Crippen molar-refractivity contribution >= 4 is 11.3 Å². The zero-order chi connectivity index (χ0) is 13.8. The molecule has 0 aliphatic carbocycles. The normalized spacial score (nSPS) is 12.2. The smallest absolute Gasteiger partial charge is 0.124 e. The van der Waals surface area contributed by atoms with E-state index in [2.05, 4.69) is 4.98 Å². The maximum Gasteiger partial charge on any atom is 0.124 e. The average molecular weight is 279 g/mol. The molecule has 2 rings (SSSR count). The van der Waals surface area contributed by atoms with Crippen molar-refractivity contribution in [3.05, 3.63) is 39.8 Å². The molecule has 1 unspecified atom stereocenters. The van der Waals surface area contributed by atoms with Gasteiger partial charge in [0.2, 0.25) is 0 Å². The molecule has 2 aromatic rings. The molecule has 102 valence electrons. The van der Waals surface area contributed by atoms with Gasteiger partial charge in [-0.25, -0.2) is 4.98 Å². The number of ether oxygens (including phenoxy) is 2. The third-order valence-corrected chi connectivity index (χ3v) is 3.82. The number of hydrogen-bond donors (Lipinski definition) is 1. The number of thiazole rings is 1. The van der Waals surface area contributed by atoms with Gasteiger partial charge in [-0.05, 0) is 25.1 Å².